The predicted octanol–water partition coefficient (Wildman–Crippen LogP) is 3.44. The van der Waals surface area contributed by atoms with E-state index in [9.17, 15) is 4.39 Å². The van der Waals surface area contributed by atoms with Gasteiger partial charge in [-0.2, -0.15) is 0 Å². The molecule has 0 bridgehead atoms. The second-order valence-electron chi connectivity index (χ2n) is 5.26. The topological polar surface area (TPSA) is 30.5 Å². The van der Waals surface area contributed by atoms with Gasteiger partial charge in [-0.15, -0.1) is 0 Å². The Hall–Kier alpha value is -1.13. The van der Waals surface area contributed by atoms with Crippen LogP contribution in [-0.4, -0.2) is 25.9 Å². The molecule has 0 aromatic heterocycles. The molecule has 4 heteroatoms. The van der Waals surface area contributed by atoms with Gasteiger partial charge < -0.3 is 14.8 Å². The normalized spacial score (nSPS) is 20.6. The van der Waals surface area contributed by atoms with Gasteiger partial charge in [0.2, 0.25) is 0 Å². The maximum absolute atomic E-state index is 13.4. The zero-order valence-electron chi connectivity index (χ0n) is 12.3. The fourth-order valence-corrected chi connectivity index (χ4v) is 2.53. The van der Waals surface area contributed by atoms with E-state index in [2.05, 4.69) is 19.2 Å². The third kappa shape index (κ3) is 4.18. The van der Waals surface area contributed by atoms with Crippen LogP contribution in [0.2, 0.25) is 0 Å². The van der Waals surface area contributed by atoms with E-state index < -0.39 is 0 Å². The van der Waals surface area contributed by atoms with E-state index in [1.807, 2.05) is 0 Å². The number of rotatable bonds is 6. The molecule has 1 aromatic carbocycles. The summed E-state index contributed by atoms with van der Waals surface area (Å²) in [7, 11) is 0. The zero-order chi connectivity index (χ0) is 14.4. The lowest BCUT2D eigenvalue weighted by molar-refractivity contribution is -0.0113. The molecule has 0 aliphatic carbocycles. The van der Waals surface area contributed by atoms with Crippen LogP contribution in [0.5, 0.6) is 5.75 Å². The maximum atomic E-state index is 13.4. The van der Waals surface area contributed by atoms with Crippen LogP contribution in [0.4, 0.5) is 4.39 Å². The summed E-state index contributed by atoms with van der Waals surface area (Å²) in [6.07, 6.45) is 3.46. The van der Waals surface area contributed by atoms with Gasteiger partial charge in [-0.1, -0.05) is 13.0 Å². The minimum Gasteiger partial charge on any atom is -0.490 e. The molecule has 0 saturated carbocycles. The summed E-state index contributed by atoms with van der Waals surface area (Å²) in [5.74, 6) is 0.352. The first-order valence-corrected chi connectivity index (χ1v) is 7.48. The fraction of sp³-hybridized carbons (Fsp3) is 0.625. The molecule has 112 valence electrons. The van der Waals surface area contributed by atoms with Crippen LogP contribution < -0.4 is 10.1 Å². The van der Waals surface area contributed by atoms with Crippen LogP contribution in [0.3, 0.4) is 0 Å². The fourth-order valence-electron chi connectivity index (χ4n) is 2.53. The van der Waals surface area contributed by atoms with Crippen LogP contribution in [0, 0.1) is 5.82 Å². The van der Waals surface area contributed by atoms with Gasteiger partial charge in [0.25, 0.3) is 0 Å². The van der Waals surface area contributed by atoms with Crippen molar-refractivity contribution in [1.29, 1.82) is 0 Å². The molecular formula is C16H24FNO2. The third-order valence-corrected chi connectivity index (χ3v) is 3.65. The molecule has 2 unspecified atom stereocenters. The number of nitrogens with one attached hydrogen (secondary N) is 1. The first-order chi connectivity index (χ1) is 9.70. The molecular weight excluding hydrogens is 257 g/mol. The van der Waals surface area contributed by atoms with Crippen LogP contribution >= 0.6 is 0 Å². The molecule has 0 radical (unpaired) electrons. The number of hydrogen-bond acceptors (Lipinski definition) is 3. The van der Waals surface area contributed by atoms with Crippen LogP contribution in [0.15, 0.2) is 18.2 Å². The summed E-state index contributed by atoms with van der Waals surface area (Å²) in [5, 5.41) is 3.33. The number of ether oxygens (including phenoxy) is 2. The number of halogens is 1. The summed E-state index contributed by atoms with van der Waals surface area (Å²) in [6, 6.07) is 4.88. The highest BCUT2D eigenvalue weighted by Crippen LogP contribution is 2.27. The summed E-state index contributed by atoms with van der Waals surface area (Å²) in [5.41, 5.74) is 0.990. The highest BCUT2D eigenvalue weighted by atomic mass is 19.1. The molecule has 1 saturated heterocycles. The van der Waals surface area contributed by atoms with Crippen molar-refractivity contribution in [2.75, 3.05) is 19.8 Å². The Labute approximate surface area is 120 Å². The lowest BCUT2D eigenvalue weighted by atomic mass is 10.1. The van der Waals surface area contributed by atoms with Gasteiger partial charge in [0.05, 0.1) is 6.10 Å². The first kappa shape index (κ1) is 15.3. The van der Waals surface area contributed by atoms with E-state index >= 15 is 0 Å². The average Bonchev–Trinajstić information content (AvgIpc) is 2.46. The molecule has 1 fully saturated rings. The van der Waals surface area contributed by atoms with Crippen molar-refractivity contribution in [1.82, 2.24) is 5.32 Å². The van der Waals surface area contributed by atoms with Gasteiger partial charge in [0.15, 0.2) is 0 Å². The van der Waals surface area contributed by atoms with Gasteiger partial charge in [-0.3, -0.25) is 0 Å². The van der Waals surface area contributed by atoms with E-state index in [0.717, 1.165) is 31.6 Å². The van der Waals surface area contributed by atoms with E-state index in [1.54, 1.807) is 6.07 Å². The van der Waals surface area contributed by atoms with Crippen LogP contribution in [-0.2, 0) is 4.74 Å². The van der Waals surface area contributed by atoms with E-state index in [0.29, 0.717) is 12.4 Å². The molecule has 1 aliphatic heterocycles. The summed E-state index contributed by atoms with van der Waals surface area (Å²) >= 11 is 0. The molecule has 2 atom stereocenters. The molecule has 1 aliphatic rings. The lowest BCUT2D eigenvalue weighted by Crippen LogP contribution is -2.26. The molecule has 1 N–H and O–H groups in total. The highest BCUT2D eigenvalue weighted by Gasteiger charge is 2.17. The van der Waals surface area contributed by atoms with Crippen LogP contribution in [0.1, 0.15) is 44.7 Å². The van der Waals surface area contributed by atoms with E-state index in [4.69, 9.17) is 9.47 Å². The molecule has 0 amide bonds. The highest BCUT2D eigenvalue weighted by molar-refractivity contribution is 5.36. The standard InChI is InChI=1S/C16H24FNO2/c1-3-18-12(2)15-8-7-13(17)10-16(15)20-11-14-6-4-5-9-19-14/h7-8,10,12,14,18H,3-6,9,11H2,1-2H3. The van der Waals surface area contributed by atoms with Gasteiger partial charge in [-0.05, 0) is 38.8 Å². The molecule has 3 nitrogen and oxygen atoms in total. The van der Waals surface area contributed by atoms with E-state index in [1.165, 1.54) is 18.6 Å². The minimum atomic E-state index is -0.267. The maximum Gasteiger partial charge on any atom is 0.127 e. The Balaban J connectivity index is 2.02. The Morgan fingerprint density at radius 3 is 3.00 bits per heavy atom. The Kier molecular flexibility index (Phi) is 5.80. The van der Waals surface area contributed by atoms with Crippen molar-refractivity contribution < 1.29 is 13.9 Å². The second kappa shape index (κ2) is 7.60. The quantitative estimate of drug-likeness (QED) is 0.866. The Morgan fingerprint density at radius 1 is 1.45 bits per heavy atom. The average molecular weight is 281 g/mol. The summed E-state index contributed by atoms with van der Waals surface area (Å²) in [6.45, 7) is 6.27. The van der Waals surface area contributed by atoms with Crippen molar-refractivity contribution in [3.05, 3.63) is 29.6 Å². The smallest absolute Gasteiger partial charge is 0.127 e. The SMILES string of the molecule is CCNC(C)c1ccc(F)cc1OCC1CCCCO1. The van der Waals surface area contributed by atoms with Gasteiger partial charge in [0.1, 0.15) is 18.2 Å². The zero-order valence-corrected chi connectivity index (χ0v) is 12.3. The van der Waals surface area contributed by atoms with E-state index in [-0.39, 0.29) is 18.0 Å². The van der Waals surface area contributed by atoms with Gasteiger partial charge in [-0.25, -0.2) is 4.39 Å². The second-order valence-corrected chi connectivity index (χ2v) is 5.26. The molecule has 0 spiro atoms. The lowest BCUT2D eigenvalue weighted by Gasteiger charge is -2.24. The molecule has 1 aromatic rings. The van der Waals surface area contributed by atoms with Crippen molar-refractivity contribution in [2.45, 2.75) is 45.3 Å². The van der Waals surface area contributed by atoms with Crippen molar-refractivity contribution in [3.8, 4) is 5.75 Å². The monoisotopic (exact) mass is 281 g/mol. The molecule has 1 heterocycles. The van der Waals surface area contributed by atoms with Gasteiger partial charge >= 0.3 is 0 Å². The predicted molar refractivity (Wildman–Crippen MR) is 77.6 cm³/mol. The van der Waals surface area contributed by atoms with Crippen molar-refractivity contribution >= 4 is 0 Å². The Morgan fingerprint density at radius 2 is 2.30 bits per heavy atom. The first-order valence-electron chi connectivity index (χ1n) is 7.48. The number of hydrogen-bond donors (Lipinski definition) is 1. The molecule has 20 heavy (non-hydrogen) atoms. The Bertz CT molecular complexity index is 419. The summed E-state index contributed by atoms with van der Waals surface area (Å²) in [4.78, 5) is 0. The minimum absolute atomic E-state index is 0.134. The van der Waals surface area contributed by atoms with Crippen molar-refractivity contribution in [3.63, 3.8) is 0 Å². The summed E-state index contributed by atoms with van der Waals surface area (Å²) < 4.78 is 24.9. The number of benzene rings is 1. The third-order valence-electron chi connectivity index (χ3n) is 3.65. The molecule has 2 rings (SSSR count). The van der Waals surface area contributed by atoms with Gasteiger partial charge in [0, 0.05) is 24.3 Å². The largest absolute Gasteiger partial charge is 0.490 e. The van der Waals surface area contributed by atoms with Crippen LogP contribution in [0.25, 0.3) is 0 Å². The van der Waals surface area contributed by atoms with Crippen molar-refractivity contribution in [2.24, 2.45) is 0 Å².